The molecule has 0 spiro atoms. The molecular formula is C8H9N3O2. The second-order valence-electron chi connectivity index (χ2n) is 2.52. The quantitative estimate of drug-likeness (QED) is 0.706. The van der Waals surface area contributed by atoms with Gasteiger partial charge in [-0.3, -0.25) is 9.78 Å². The van der Waals surface area contributed by atoms with E-state index in [2.05, 4.69) is 15.5 Å². The van der Waals surface area contributed by atoms with E-state index in [4.69, 9.17) is 0 Å². The van der Waals surface area contributed by atoms with Crippen LogP contribution in [0.3, 0.4) is 0 Å². The maximum absolute atomic E-state index is 10.9. The molecule has 1 rings (SSSR count). The lowest BCUT2D eigenvalue weighted by Crippen LogP contribution is -2.14. The van der Waals surface area contributed by atoms with Crippen LogP contribution in [0.25, 0.3) is 0 Å². The topological polar surface area (TPSA) is 71.4 Å². The van der Waals surface area contributed by atoms with Crippen LogP contribution in [-0.2, 0) is 4.79 Å². The number of carbonyl (C=O) groups is 1. The van der Waals surface area contributed by atoms with Crippen LogP contribution in [0.15, 0.2) is 23.5 Å². The average Bonchev–Trinajstić information content (AvgIpc) is 2.09. The number of rotatable bonds is 3. The molecule has 1 amide bonds. The van der Waals surface area contributed by atoms with Crippen molar-refractivity contribution in [2.75, 3.05) is 11.9 Å². The minimum Gasteiger partial charge on any atom is -0.323 e. The molecule has 0 saturated carbocycles. The van der Waals surface area contributed by atoms with Crippen LogP contribution < -0.4 is 5.32 Å². The Bertz CT molecular complexity index is 308. The fraction of sp³-hybridized carbons (Fsp3) is 0.250. The normalized spacial score (nSPS) is 9.31. The van der Waals surface area contributed by atoms with Crippen LogP contribution in [0.4, 0.5) is 5.69 Å². The summed E-state index contributed by atoms with van der Waals surface area (Å²) in [5.41, 5.74) is 1.44. The summed E-state index contributed by atoms with van der Waals surface area (Å²) < 4.78 is 0. The van der Waals surface area contributed by atoms with Gasteiger partial charge in [0.2, 0.25) is 5.91 Å². The van der Waals surface area contributed by atoms with Crippen molar-refractivity contribution < 1.29 is 4.79 Å². The Hall–Kier alpha value is -1.78. The molecule has 0 unspecified atom stereocenters. The van der Waals surface area contributed by atoms with Gasteiger partial charge >= 0.3 is 0 Å². The number of nitroso groups, excluding NO2 is 1. The second kappa shape index (κ2) is 4.30. The molecule has 0 aliphatic carbocycles. The molecule has 5 heteroatoms. The summed E-state index contributed by atoms with van der Waals surface area (Å²) in [5, 5.41) is 4.94. The minimum atomic E-state index is -0.430. The highest BCUT2D eigenvalue weighted by Crippen LogP contribution is 2.04. The summed E-state index contributed by atoms with van der Waals surface area (Å²) in [6, 6.07) is 3.48. The molecule has 5 nitrogen and oxygen atoms in total. The minimum absolute atomic E-state index is 0.367. The van der Waals surface area contributed by atoms with Crippen LogP contribution in [0, 0.1) is 11.8 Å². The summed E-state index contributed by atoms with van der Waals surface area (Å²) in [4.78, 5) is 24.6. The number of aromatic nitrogens is 1. The monoisotopic (exact) mass is 179 g/mol. The van der Waals surface area contributed by atoms with Crippen molar-refractivity contribution in [2.24, 2.45) is 5.18 Å². The highest BCUT2D eigenvalue weighted by atomic mass is 16.3. The van der Waals surface area contributed by atoms with Crippen molar-refractivity contribution in [1.82, 2.24) is 4.98 Å². The molecule has 0 fully saturated rings. The highest BCUT2D eigenvalue weighted by molar-refractivity contribution is 5.92. The number of anilines is 1. The molecule has 1 heterocycles. The van der Waals surface area contributed by atoms with E-state index in [-0.39, 0.29) is 6.54 Å². The lowest BCUT2D eigenvalue weighted by Gasteiger charge is -2.01. The van der Waals surface area contributed by atoms with Crippen LogP contribution in [0.1, 0.15) is 5.69 Å². The number of aryl methyl sites for hydroxylation is 1. The number of amides is 1. The van der Waals surface area contributed by atoms with E-state index in [1.54, 1.807) is 12.1 Å². The smallest absolute Gasteiger partial charge is 0.249 e. The van der Waals surface area contributed by atoms with Crippen molar-refractivity contribution in [3.8, 4) is 0 Å². The van der Waals surface area contributed by atoms with Crippen molar-refractivity contribution in [3.05, 3.63) is 28.9 Å². The van der Waals surface area contributed by atoms with Gasteiger partial charge in [-0.15, -0.1) is 0 Å². The van der Waals surface area contributed by atoms with E-state index in [9.17, 15) is 9.70 Å². The zero-order valence-electron chi connectivity index (χ0n) is 7.15. The van der Waals surface area contributed by atoms with E-state index in [1.807, 2.05) is 6.92 Å². The summed E-state index contributed by atoms with van der Waals surface area (Å²) >= 11 is 0. The fourth-order valence-electron chi connectivity index (χ4n) is 0.801. The predicted octanol–water partition coefficient (Wildman–Crippen LogP) is 1.09. The zero-order chi connectivity index (χ0) is 9.68. The molecule has 1 N–H and O–H groups in total. The first-order chi connectivity index (χ1) is 6.22. The third-order valence-corrected chi connectivity index (χ3v) is 1.40. The van der Waals surface area contributed by atoms with Crippen molar-refractivity contribution >= 4 is 11.6 Å². The van der Waals surface area contributed by atoms with Crippen molar-refractivity contribution in [3.63, 3.8) is 0 Å². The van der Waals surface area contributed by atoms with Crippen LogP contribution in [0.5, 0.6) is 0 Å². The molecule has 1 aromatic rings. The Balaban J connectivity index is 2.59. The first kappa shape index (κ1) is 9.31. The van der Waals surface area contributed by atoms with E-state index in [0.29, 0.717) is 5.69 Å². The predicted molar refractivity (Wildman–Crippen MR) is 48.3 cm³/mol. The maximum atomic E-state index is 10.9. The lowest BCUT2D eigenvalue weighted by atomic mass is 10.3. The molecule has 0 bridgehead atoms. The van der Waals surface area contributed by atoms with Gasteiger partial charge in [0.15, 0.2) is 6.54 Å². The van der Waals surface area contributed by atoms with Crippen molar-refractivity contribution in [1.29, 1.82) is 0 Å². The first-order valence-corrected chi connectivity index (χ1v) is 3.74. The average molecular weight is 179 g/mol. The highest BCUT2D eigenvalue weighted by Gasteiger charge is 2.00. The first-order valence-electron chi connectivity index (χ1n) is 3.74. The zero-order valence-corrected chi connectivity index (χ0v) is 7.15. The third-order valence-electron chi connectivity index (χ3n) is 1.40. The van der Waals surface area contributed by atoms with Crippen LogP contribution in [-0.4, -0.2) is 17.4 Å². The van der Waals surface area contributed by atoms with Crippen molar-refractivity contribution in [2.45, 2.75) is 6.92 Å². The third kappa shape index (κ3) is 2.98. The van der Waals surface area contributed by atoms with E-state index in [0.717, 1.165) is 5.69 Å². The number of carbonyl (C=O) groups excluding carboxylic acids is 1. The summed E-state index contributed by atoms with van der Waals surface area (Å²) in [5.74, 6) is -0.430. The summed E-state index contributed by atoms with van der Waals surface area (Å²) in [6.07, 6.45) is 1.53. The second-order valence-corrected chi connectivity index (χ2v) is 2.52. The van der Waals surface area contributed by atoms with Crippen LogP contribution in [0.2, 0.25) is 0 Å². The number of nitrogens with one attached hydrogen (secondary N) is 1. The Labute approximate surface area is 75.2 Å². The van der Waals surface area contributed by atoms with E-state index >= 15 is 0 Å². The van der Waals surface area contributed by atoms with Gasteiger partial charge < -0.3 is 5.32 Å². The Kier molecular flexibility index (Phi) is 3.08. The van der Waals surface area contributed by atoms with E-state index in [1.165, 1.54) is 6.20 Å². The fourth-order valence-corrected chi connectivity index (χ4v) is 0.801. The molecule has 0 saturated heterocycles. The molecule has 68 valence electrons. The Morgan fingerprint density at radius 2 is 2.38 bits per heavy atom. The van der Waals surface area contributed by atoms with Gasteiger partial charge in [-0.2, -0.15) is 4.91 Å². The van der Waals surface area contributed by atoms with Gasteiger partial charge in [0.05, 0.1) is 11.9 Å². The molecule has 1 aromatic heterocycles. The molecule has 13 heavy (non-hydrogen) atoms. The lowest BCUT2D eigenvalue weighted by molar-refractivity contribution is -0.114. The van der Waals surface area contributed by atoms with Gasteiger partial charge in [0.25, 0.3) is 0 Å². The largest absolute Gasteiger partial charge is 0.323 e. The summed E-state index contributed by atoms with van der Waals surface area (Å²) in [7, 11) is 0. The SMILES string of the molecule is Cc1ccc(NC(=O)CN=O)cn1. The van der Waals surface area contributed by atoms with Gasteiger partial charge in [-0.05, 0) is 19.1 Å². The number of hydrogen-bond donors (Lipinski definition) is 1. The maximum Gasteiger partial charge on any atom is 0.249 e. The molecule has 0 aromatic carbocycles. The molecular weight excluding hydrogens is 170 g/mol. The Morgan fingerprint density at radius 1 is 1.62 bits per heavy atom. The molecule has 0 aliphatic rings. The van der Waals surface area contributed by atoms with E-state index < -0.39 is 5.91 Å². The number of pyridine rings is 1. The number of hydrogen-bond acceptors (Lipinski definition) is 4. The molecule has 0 atom stereocenters. The van der Waals surface area contributed by atoms with Gasteiger partial charge in [-0.25, -0.2) is 0 Å². The standard InChI is InChI=1S/C8H9N3O2/c1-6-2-3-7(4-9-6)11-8(12)5-10-13/h2-4H,5H2,1H3,(H,11,12). The Morgan fingerprint density at radius 3 is 2.92 bits per heavy atom. The number of nitrogens with zero attached hydrogens (tertiary/aromatic N) is 2. The van der Waals surface area contributed by atoms with Gasteiger partial charge in [0.1, 0.15) is 0 Å². The summed E-state index contributed by atoms with van der Waals surface area (Å²) in [6.45, 7) is 1.48. The molecule has 0 radical (unpaired) electrons. The van der Waals surface area contributed by atoms with Gasteiger partial charge in [0, 0.05) is 5.69 Å². The van der Waals surface area contributed by atoms with Gasteiger partial charge in [-0.1, -0.05) is 5.18 Å². The molecule has 0 aliphatic heterocycles. The van der Waals surface area contributed by atoms with Crippen LogP contribution >= 0.6 is 0 Å².